The third-order valence-corrected chi connectivity index (χ3v) is 2.50. The van der Waals surface area contributed by atoms with E-state index in [1.54, 1.807) is 0 Å². The number of thiocarbonyl (C=S) groups is 1. The predicted octanol–water partition coefficient (Wildman–Crippen LogP) is 1.59. The molecule has 0 bridgehead atoms. The maximum Gasteiger partial charge on any atom is 0.171 e. The molecule has 0 spiro atoms. The monoisotopic (exact) mass is 204 g/mol. The minimum atomic E-state index is 0.227. The third-order valence-electron chi connectivity index (χ3n) is 2.28. The zero-order valence-electron chi connectivity index (χ0n) is 7.79. The van der Waals surface area contributed by atoms with Gasteiger partial charge in [0.2, 0.25) is 0 Å². The van der Waals surface area contributed by atoms with Crippen LogP contribution in [-0.2, 0) is 6.42 Å². The highest BCUT2D eigenvalue weighted by molar-refractivity contribution is 7.80. The molecule has 1 aromatic rings. The quantitative estimate of drug-likeness (QED) is 0.715. The summed E-state index contributed by atoms with van der Waals surface area (Å²) in [6.07, 6.45) is 0.923. The molecule has 0 aliphatic carbocycles. The zero-order valence-corrected chi connectivity index (χ0v) is 8.60. The molecule has 1 aliphatic rings. The normalized spacial score (nSPS) is 20.4. The minimum Gasteiger partial charge on any atom is -0.354 e. The largest absolute Gasteiger partial charge is 0.354 e. The molecular weight excluding hydrogens is 192 g/mol. The van der Waals surface area contributed by atoms with Crippen LogP contribution in [0, 0.1) is 0 Å². The highest BCUT2D eigenvalue weighted by Crippen LogP contribution is 2.10. The summed E-state index contributed by atoms with van der Waals surface area (Å²) in [7, 11) is 0. The molecule has 1 aromatic carbocycles. The van der Waals surface area contributed by atoms with E-state index in [-0.39, 0.29) is 6.04 Å². The van der Waals surface area contributed by atoms with Gasteiger partial charge >= 0.3 is 0 Å². The Balaban J connectivity index is 2.05. The van der Waals surface area contributed by atoms with Crippen molar-refractivity contribution in [3.8, 4) is 0 Å². The van der Waals surface area contributed by atoms with Crippen LogP contribution in [0.15, 0.2) is 42.6 Å². The summed E-state index contributed by atoms with van der Waals surface area (Å²) >= 11 is 5.01. The molecule has 1 atom stereocenters. The van der Waals surface area contributed by atoms with Gasteiger partial charge in [-0.15, -0.1) is 0 Å². The van der Waals surface area contributed by atoms with Crippen LogP contribution >= 0.6 is 12.2 Å². The average molecular weight is 204 g/mol. The smallest absolute Gasteiger partial charge is 0.171 e. The standard InChI is InChI=1S/C11H12N2S/c1-8-10(13-11(14)12-8)7-9-5-3-2-4-6-9/h2-6,10H,1,7H2,(H2,12,13,14). The van der Waals surface area contributed by atoms with Gasteiger partial charge in [-0.2, -0.15) is 0 Å². The fourth-order valence-electron chi connectivity index (χ4n) is 1.54. The first-order valence-electron chi connectivity index (χ1n) is 4.56. The van der Waals surface area contributed by atoms with E-state index >= 15 is 0 Å². The fraction of sp³-hybridized carbons (Fsp3) is 0.182. The molecule has 0 amide bonds. The first-order chi connectivity index (χ1) is 6.75. The molecule has 14 heavy (non-hydrogen) atoms. The van der Waals surface area contributed by atoms with E-state index in [2.05, 4.69) is 29.3 Å². The molecule has 1 unspecified atom stereocenters. The zero-order chi connectivity index (χ0) is 9.97. The van der Waals surface area contributed by atoms with Gasteiger partial charge in [-0.1, -0.05) is 36.9 Å². The van der Waals surface area contributed by atoms with Crippen LogP contribution in [0.25, 0.3) is 0 Å². The maximum absolute atomic E-state index is 5.01. The summed E-state index contributed by atoms with van der Waals surface area (Å²) in [5.41, 5.74) is 2.25. The molecule has 2 rings (SSSR count). The Kier molecular flexibility index (Phi) is 2.50. The van der Waals surface area contributed by atoms with Crippen LogP contribution in [0.1, 0.15) is 5.56 Å². The molecule has 2 N–H and O–H groups in total. The topological polar surface area (TPSA) is 24.1 Å². The number of benzene rings is 1. The molecule has 1 saturated heterocycles. The van der Waals surface area contributed by atoms with E-state index in [0.29, 0.717) is 5.11 Å². The van der Waals surface area contributed by atoms with Gasteiger partial charge < -0.3 is 10.6 Å². The van der Waals surface area contributed by atoms with Crippen molar-refractivity contribution < 1.29 is 0 Å². The second-order valence-electron chi connectivity index (χ2n) is 3.37. The molecule has 0 radical (unpaired) electrons. The lowest BCUT2D eigenvalue weighted by atomic mass is 10.1. The van der Waals surface area contributed by atoms with E-state index in [1.165, 1.54) is 5.56 Å². The molecule has 1 heterocycles. The Hall–Kier alpha value is -1.35. The van der Waals surface area contributed by atoms with Crippen molar-refractivity contribution in [3.05, 3.63) is 48.2 Å². The van der Waals surface area contributed by atoms with Crippen LogP contribution in [0.2, 0.25) is 0 Å². The molecule has 1 aliphatic heterocycles. The van der Waals surface area contributed by atoms with E-state index < -0.39 is 0 Å². The first kappa shape index (κ1) is 9.21. The molecule has 0 aromatic heterocycles. The summed E-state index contributed by atoms with van der Waals surface area (Å²) in [6, 6.07) is 10.5. The van der Waals surface area contributed by atoms with Gasteiger partial charge in [-0.05, 0) is 24.2 Å². The lowest BCUT2D eigenvalue weighted by molar-refractivity contribution is 0.722. The summed E-state index contributed by atoms with van der Waals surface area (Å²) in [6.45, 7) is 3.92. The minimum absolute atomic E-state index is 0.227. The molecule has 3 heteroatoms. The number of hydrogen-bond donors (Lipinski definition) is 2. The van der Waals surface area contributed by atoms with Gasteiger partial charge in [0, 0.05) is 5.70 Å². The van der Waals surface area contributed by atoms with E-state index in [1.807, 2.05) is 18.2 Å². The molecule has 0 saturated carbocycles. The molecule has 72 valence electrons. The van der Waals surface area contributed by atoms with Gasteiger partial charge in [0.25, 0.3) is 0 Å². The van der Waals surface area contributed by atoms with Gasteiger partial charge in [0.05, 0.1) is 6.04 Å². The molecule has 1 fully saturated rings. The third kappa shape index (κ3) is 1.93. The van der Waals surface area contributed by atoms with Gasteiger partial charge in [0.1, 0.15) is 0 Å². The average Bonchev–Trinajstić information content (AvgIpc) is 2.47. The molecule has 2 nitrogen and oxygen atoms in total. The first-order valence-corrected chi connectivity index (χ1v) is 4.97. The van der Waals surface area contributed by atoms with Gasteiger partial charge in [-0.25, -0.2) is 0 Å². The van der Waals surface area contributed by atoms with Crippen LogP contribution in [-0.4, -0.2) is 11.2 Å². The maximum atomic E-state index is 5.01. The summed E-state index contributed by atoms with van der Waals surface area (Å²) in [5, 5.41) is 6.86. The van der Waals surface area contributed by atoms with Crippen LogP contribution in [0.3, 0.4) is 0 Å². The second kappa shape index (κ2) is 3.80. The lowest BCUT2D eigenvalue weighted by Gasteiger charge is -2.09. The molecular formula is C11H12N2S. The van der Waals surface area contributed by atoms with Gasteiger partial charge in [0.15, 0.2) is 5.11 Å². The SMILES string of the molecule is C=C1NC(=S)NC1Cc1ccccc1. The van der Waals surface area contributed by atoms with Crippen LogP contribution < -0.4 is 10.6 Å². The van der Waals surface area contributed by atoms with Crippen molar-refractivity contribution >= 4 is 17.3 Å². The highest BCUT2D eigenvalue weighted by Gasteiger charge is 2.21. The van der Waals surface area contributed by atoms with Crippen LogP contribution in [0.5, 0.6) is 0 Å². The number of hydrogen-bond acceptors (Lipinski definition) is 1. The van der Waals surface area contributed by atoms with E-state index in [0.717, 1.165) is 12.1 Å². The van der Waals surface area contributed by atoms with Crippen molar-refractivity contribution in [1.82, 2.24) is 10.6 Å². The number of nitrogens with one attached hydrogen (secondary N) is 2. The Bertz CT molecular complexity index is 359. The van der Waals surface area contributed by atoms with Crippen molar-refractivity contribution in [2.45, 2.75) is 12.5 Å². The van der Waals surface area contributed by atoms with Crippen molar-refractivity contribution in [2.75, 3.05) is 0 Å². The Morgan fingerprint density at radius 3 is 2.57 bits per heavy atom. The predicted molar refractivity (Wildman–Crippen MR) is 61.9 cm³/mol. The van der Waals surface area contributed by atoms with E-state index in [9.17, 15) is 0 Å². The van der Waals surface area contributed by atoms with Gasteiger partial charge in [-0.3, -0.25) is 0 Å². The Morgan fingerprint density at radius 1 is 1.29 bits per heavy atom. The summed E-state index contributed by atoms with van der Waals surface area (Å²) < 4.78 is 0. The fourth-order valence-corrected chi connectivity index (χ4v) is 1.81. The summed E-state index contributed by atoms with van der Waals surface area (Å²) in [4.78, 5) is 0. The van der Waals surface area contributed by atoms with Crippen LogP contribution in [0.4, 0.5) is 0 Å². The Labute approximate surface area is 89.0 Å². The van der Waals surface area contributed by atoms with E-state index in [4.69, 9.17) is 12.2 Å². The van der Waals surface area contributed by atoms with Crippen molar-refractivity contribution in [3.63, 3.8) is 0 Å². The van der Waals surface area contributed by atoms with Crippen molar-refractivity contribution in [1.29, 1.82) is 0 Å². The highest BCUT2D eigenvalue weighted by atomic mass is 32.1. The second-order valence-corrected chi connectivity index (χ2v) is 3.77. The lowest BCUT2D eigenvalue weighted by Crippen LogP contribution is -2.27. The number of rotatable bonds is 2. The Morgan fingerprint density at radius 2 is 2.00 bits per heavy atom. The summed E-state index contributed by atoms with van der Waals surface area (Å²) in [5.74, 6) is 0. The van der Waals surface area contributed by atoms with Crippen molar-refractivity contribution in [2.24, 2.45) is 0 Å².